The molecule has 0 aliphatic heterocycles. The number of esters is 2. The van der Waals surface area contributed by atoms with E-state index in [2.05, 4.69) is 68.5 Å². The summed E-state index contributed by atoms with van der Waals surface area (Å²) in [5.74, 6) is -0.960. The Hall–Kier alpha value is -3.37. The van der Waals surface area contributed by atoms with Crippen LogP contribution in [0, 0.1) is 0 Å². The van der Waals surface area contributed by atoms with E-state index in [0.717, 1.165) is 77.0 Å². The number of unbranched alkanes of at least 4 members (excludes halogenated alkanes) is 5. The molecule has 0 rings (SSSR count). The second-order valence-corrected chi connectivity index (χ2v) is 16.6. The van der Waals surface area contributed by atoms with Gasteiger partial charge in [-0.15, -0.1) is 0 Å². The van der Waals surface area contributed by atoms with Crippen LogP contribution in [0.3, 0.4) is 0 Å². The number of carbonyl (C=O) groups excluding carboxylic acids is 2. The number of hydrogen-bond acceptors (Lipinski definition) is 8. The van der Waals surface area contributed by atoms with E-state index >= 15 is 0 Å². The number of phosphoric acid groups is 1. The lowest BCUT2D eigenvalue weighted by atomic mass is 10.1. The van der Waals surface area contributed by atoms with Crippen molar-refractivity contribution in [1.29, 1.82) is 0 Å². The Balaban J connectivity index is 4.59. The van der Waals surface area contributed by atoms with E-state index in [1.807, 2.05) is 69.8 Å². The molecule has 0 radical (unpaired) electrons. The maximum atomic E-state index is 12.7. The van der Waals surface area contributed by atoms with Crippen LogP contribution < -0.4 is 0 Å². The summed E-state index contributed by atoms with van der Waals surface area (Å²) in [4.78, 5) is 35.3. The van der Waals surface area contributed by atoms with Gasteiger partial charge in [0.1, 0.15) is 19.8 Å². The van der Waals surface area contributed by atoms with Crippen LogP contribution in [0.2, 0.25) is 0 Å². The molecule has 334 valence electrons. The highest BCUT2D eigenvalue weighted by molar-refractivity contribution is 7.47. The van der Waals surface area contributed by atoms with E-state index in [9.17, 15) is 24.2 Å². The lowest BCUT2D eigenvalue weighted by Crippen LogP contribution is -2.37. The van der Waals surface area contributed by atoms with Crippen molar-refractivity contribution >= 4 is 19.8 Å². The van der Waals surface area contributed by atoms with Crippen LogP contribution in [0.15, 0.2) is 109 Å². The minimum Gasteiger partial charge on any atom is -0.462 e. The van der Waals surface area contributed by atoms with Crippen LogP contribution in [0.25, 0.3) is 0 Å². The first-order valence-corrected chi connectivity index (χ1v) is 23.2. The maximum Gasteiger partial charge on any atom is 0.472 e. The second-order valence-electron chi connectivity index (χ2n) is 15.2. The molecule has 0 aromatic heterocycles. The third kappa shape index (κ3) is 42.6. The van der Waals surface area contributed by atoms with E-state index in [4.69, 9.17) is 18.5 Å². The molecule has 0 fully saturated rings. The van der Waals surface area contributed by atoms with E-state index < -0.39 is 38.6 Å². The summed E-state index contributed by atoms with van der Waals surface area (Å²) in [5, 5.41) is 10.0. The summed E-state index contributed by atoms with van der Waals surface area (Å²) in [6.07, 6.45) is 49.0. The number of allylic oxidation sites excluding steroid dienone is 16. The SMILES string of the molecule is CC/C=C\C/C=C\C/C=C\CCCCCCCC(=O)O[C@H](COC(=O)CC/C=C\C/C=C\C/C=C\C=C\C(O)C/C=C\C/C=C\CC)COP(=O)(O)OCC[N+](C)(C)C. The van der Waals surface area contributed by atoms with Gasteiger partial charge in [0.05, 0.1) is 33.9 Å². The predicted molar refractivity (Wildman–Crippen MR) is 244 cm³/mol. The molecule has 2 N–H and O–H groups in total. The van der Waals surface area contributed by atoms with Gasteiger partial charge in [-0.05, 0) is 77.0 Å². The zero-order valence-electron chi connectivity index (χ0n) is 37.0. The zero-order chi connectivity index (χ0) is 43.7. The second kappa shape index (κ2) is 38.8. The Kier molecular flexibility index (Phi) is 36.6. The summed E-state index contributed by atoms with van der Waals surface area (Å²) in [6.45, 7) is 3.97. The van der Waals surface area contributed by atoms with Gasteiger partial charge in [-0.1, -0.05) is 142 Å². The molecule has 3 atom stereocenters. The highest BCUT2D eigenvalue weighted by atomic mass is 31.2. The quantitative estimate of drug-likeness (QED) is 0.0157. The van der Waals surface area contributed by atoms with Crippen LogP contribution in [-0.2, 0) is 32.7 Å². The average molecular weight is 845 g/mol. The van der Waals surface area contributed by atoms with E-state index in [0.29, 0.717) is 30.3 Å². The molecule has 0 aliphatic carbocycles. The van der Waals surface area contributed by atoms with Crippen molar-refractivity contribution < 1.29 is 47.2 Å². The normalized spacial score (nSPS) is 15.2. The van der Waals surface area contributed by atoms with Gasteiger partial charge in [0.15, 0.2) is 6.10 Å². The molecule has 0 aromatic carbocycles. The first-order chi connectivity index (χ1) is 28.4. The third-order valence-electron chi connectivity index (χ3n) is 8.39. The van der Waals surface area contributed by atoms with Gasteiger partial charge in [-0.2, -0.15) is 0 Å². The monoisotopic (exact) mass is 845 g/mol. The summed E-state index contributed by atoms with van der Waals surface area (Å²) in [5.41, 5.74) is 0. The standard InChI is InChI=1S/C48H78NO9P/c1-6-8-10-12-14-15-16-17-18-19-20-25-28-32-36-40-48(52)58-46(44-57-59(53,54)56-42-41-49(3,4)5)43-55-47(51)39-35-31-27-24-22-21-23-26-30-34-38-45(50)37-33-29-13-11-9-7-2/h8-11,14-15,17-18,21-22,26-27,29-31,33-34,38,45-46,50H,6-7,12-13,16,19-20,23-25,28,32,35-37,39-44H2,1-5H3/p+1/b10-8-,11-9-,15-14-,18-17-,22-21-,30-26-,31-27-,33-29-,38-34+/t45?,46-/m1/s1. The lowest BCUT2D eigenvalue weighted by molar-refractivity contribution is -0.870. The molecule has 10 nitrogen and oxygen atoms in total. The number of ether oxygens (including phenoxy) is 2. The Morgan fingerprint density at radius 1 is 0.610 bits per heavy atom. The Morgan fingerprint density at radius 2 is 1.15 bits per heavy atom. The van der Waals surface area contributed by atoms with Crippen molar-refractivity contribution in [2.75, 3.05) is 47.5 Å². The molecule has 0 bridgehead atoms. The first kappa shape index (κ1) is 55.6. The largest absolute Gasteiger partial charge is 0.472 e. The van der Waals surface area contributed by atoms with E-state index in [1.54, 1.807) is 6.08 Å². The molecule has 0 aliphatic rings. The summed E-state index contributed by atoms with van der Waals surface area (Å²) < 4.78 is 34.1. The number of rotatable bonds is 37. The van der Waals surface area contributed by atoms with Gasteiger partial charge in [-0.25, -0.2) is 4.57 Å². The predicted octanol–water partition coefficient (Wildman–Crippen LogP) is 11.3. The van der Waals surface area contributed by atoms with Crippen molar-refractivity contribution in [3.63, 3.8) is 0 Å². The van der Waals surface area contributed by atoms with E-state index in [1.165, 1.54) is 0 Å². The van der Waals surface area contributed by atoms with Gasteiger partial charge in [0.25, 0.3) is 0 Å². The Morgan fingerprint density at radius 3 is 1.78 bits per heavy atom. The summed E-state index contributed by atoms with van der Waals surface area (Å²) in [6, 6.07) is 0. The minimum atomic E-state index is -4.42. The molecule has 0 saturated heterocycles. The fourth-order valence-electron chi connectivity index (χ4n) is 5.02. The highest BCUT2D eigenvalue weighted by Gasteiger charge is 2.27. The zero-order valence-corrected chi connectivity index (χ0v) is 37.9. The average Bonchev–Trinajstić information content (AvgIpc) is 3.18. The molecule has 0 saturated carbocycles. The smallest absolute Gasteiger partial charge is 0.462 e. The molecular formula is C48H79NO9P+. The maximum absolute atomic E-state index is 12.7. The molecule has 0 spiro atoms. The number of phosphoric ester groups is 1. The van der Waals surface area contributed by atoms with Crippen molar-refractivity contribution in [3.05, 3.63) is 109 Å². The van der Waals surface area contributed by atoms with Gasteiger partial charge >= 0.3 is 19.8 Å². The molecule has 11 heteroatoms. The molecular weight excluding hydrogens is 766 g/mol. The van der Waals surface area contributed by atoms with Crippen LogP contribution in [-0.4, -0.2) is 86.1 Å². The van der Waals surface area contributed by atoms with Crippen molar-refractivity contribution in [2.45, 2.75) is 135 Å². The van der Waals surface area contributed by atoms with Crippen LogP contribution in [0.4, 0.5) is 0 Å². The van der Waals surface area contributed by atoms with Crippen molar-refractivity contribution in [2.24, 2.45) is 0 Å². The fourth-order valence-corrected chi connectivity index (χ4v) is 5.76. The first-order valence-electron chi connectivity index (χ1n) is 21.7. The minimum absolute atomic E-state index is 0.00169. The number of carbonyl (C=O) groups is 2. The van der Waals surface area contributed by atoms with Gasteiger partial charge in [0.2, 0.25) is 0 Å². The van der Waals surface area contributed by atoms with Gasteiger partial charge in [-0.3, -0.25) is 18.6 Å². The topological polar surface area (TPSA) is 129 Å². The number of aliphatic hydroxyl groups is 1. The molecule has 0 heterocycles. The van der Waals surface area contributed by atoms with Gasteiger partial charge in [0, 0.05) is 12.8 Å². The number of quaternary nitrogens is 1. The van der Waals surface area contributed by atoms with Crippen LogP contribution in [0.1, 0.15) is 123 Å². The van der Waals surface area contributed by atoms with Crippen molar-refractivity contribution in [3.8, 4) is 0 Å². The van der Waals surface area contributed by atoms with Crippen LogP contribution in [0.5, 0.6) is 0 Å². The Labute approximate surface area is 358 Å². The molecule has 0 aromatic rings. The third-order valence-corrected chi connectivity index (χ3v) is 9.38. The number of aliphatic hydroxyl groups excluding tert-OH is 1. The lowest BCUT2D eigenvalue weighted by Gasteiger charge is -2.24. The molecule has 0 amide bonds. The summed E-state index contributed by atoms with van der Waals surface area (Å²) in [7, 11) is 1.37. The van der Waals surface area contributed by atoms with Crippen LogP contribution >= 0.6 is 7.82 Å². The molecule has 59 heavy (non-hydrogen) atoms. The van der Waals surface area contributed by atoms with E-state index in [-0.39, 0.29) is 26.1 Å². The number of nitrogens with zero attached hydrogens (tertiary/aromatic N) is 1. The Bertz CT molecular complexity index is 1380. The van der Waals surface area contributed by atoms with Gasteiger partial charge < -0.3 is 24.0 Å². The number of hydrogen-bond donors (Lipinski definition) is 2. The molecule has 2 unspecified atom stereocenters. The van der Waals surface area contributed by atoms with Crippen molar-refractivity contribution in [1.82, 2.24) is 0 Å². The fraction of sp³-hybridized carbons (Fsp3) is 0.583. The number of likely N-dealkylation sites (N-methyl/N-ethyl adjacent to an activating group) is 1. The summed E-state index contributed by atoms with van der Waals surface area (Å²) >= 11 is 0. The highest BCUT2D eigenvalue weighted by Crippen LogP contribution is 2.43.